The first-order valence-corrected chi connectivity index (χ1v) is 7.96. The van der Waals surface area contributed by atoms with Gasteiger partial charge in [0.2, 0.25) is 0 Å². The van der Waals surface area contributed by atoms with Crippen LogP contribution in [0.25, 0.3) is 6.08 Å². The number of hydrazine groups is 1. The van der Waals surface area contributed by atoms with Gasteiger partial charge in [-0.15, -0.1) is 0 Å². The molecule has 6 nitrogen and oxygen atoms in total. The van der Waals surface area contributed by atoms with E-state index in [4.69, 9.17) is 27.9 Å². The fourth-order valence-electron chi connectivity index (χ4n) is 2.38. The number of anilines is 1. The van der Waals surface area contributed by atoms with Gasteiger partial charge in [-0.05, 0) is 30.3 Å². The van der Waals surface area contributed by atoms with Gasteiger partial charge in [-0.1, -0.05) is 23.2 Å². The summed E-state index contributed by atoms with van der Waals surface area (Å²) in [5, 5.41) is 11.1. The van der Waals surface area contributed by atoms with Crippen LogP contribution in [-0.4, -0.2) is 24.0 Å². The van der Waals surface area contributed by atoms with Gasteiger partial charge in [0.1, 0.15) is 11.4 Å². The van der Waals surface area contributed by atoms with E-state index in [1.807, 2.05) is 0 Å². The van der Waals surface area contributed by atoms with Crippen molar-refractivity contribution in [3.63, 3.8) is 0 Å². The van der Waals surface area contributed by atoms with Gasteiger partial charge in [0.15, 0.2) is 11.5 Å². The fraction of sp³-hybridized carbons (Fsp3) is 0.0588. The van der Waals surface area contributed by atoms with Gasteiger partial charge in [0, 0.05) is 16.7 Å². The van der Waals surface area contributed by atoms with E-state index in [-0.39, 0.29) is 38.4 Å². The Balaban J connectivity index is 2.01. The molecular formula is C17H11Cl2FN2O4. The van der Waals surface area contributed by atoms with Gasteiger partial charge >= 0.3 is 0 Å². The lowest BCUT2D eigenvalue weighted by atomic mass is 10.1. The van der Waals surface area contributed by atoms with Crippen LogP contribution in [0.4, 0.5) is 10.1 Å². The lowest BCUT2D eigenvalue weighted by Crippen LogP contribution is -2.35. The molecule has 1 aliphatic heterocycles. The largest absolute Gasteiger partial charge is 0.504 e. The third-order valence-electron chi connectivity index (χ3n) is 3.64. The van der Waals surface area contributed by atoms with Crippen LogP contribution in [0, 0.1) is 5.82 Å². The van der Waals surface area contributed by atoms with Crippen LogP contribution < -0.4 is 15.2 Å². The third-order valence-corrected chi connectivity index (χ3v) is 4.15. The summed E-state index contributed by atoms with van der Waals surface area (Å²) in [6.07, 6.45) is 1.19. The van der Waals surface area contributed by atoms with E-state index in [9.17, 15) is 19.1 Å². The van der Waals surface area contributed by atoms with Crippen molar-refractivity contribution in [2.75, 3.05) is 12.1 Å². The topological polar surface area (TPSA) is 78.9 Å². The molecular weight excluding hydrogens is 386 g/mol. The maximum absolute atomic E-state index is 13.3. The molecule has 2 N–H and O–H groups in total. The summed E-state index contributed by atoms with van der Waals surface area (Å²) in [6, 6.07) is 6.35. The maximum atomic E-state index is 13.3. The monoisotopic (exact) mass is 396 g/mol. The van der Waals surface area contributed by atoms with Crippen LogP contribution in [0.1, 0.15) is 5.56 Å². The van der Waals surface area contributed by atoms with Crippen molar-refractivity contribution in [3.05, 3.63) is 57.3 Å². The molecule has 1 heterocycles. The number of carbonyl (C=O) groups is 2. The second kappa shape index (κ2) is 6.86. The van der Waals surface area contributed by atoms with Gasteiger partial charge < -0.3 is 9.84 Å². The Labute approximate surface area is 157 Å². The average Bonchev–Trinajstić information content (AvgIpc) is 2.88. The SMILES string of the molecule is COc1cc(Cl)cc(C=C2C(=O)NN(c3ccc(F)c(Cl)c3)C2=O)c1O. The lowest BCUT2D eigenvalue weighted by Gasteiger charge is -2.14. The van der Waals surface area contributed by atoms with E-state index < -0.39 is 17.6 Å². The Kier molecular flexibility index (Phi) is 4.76. The number of ether oxygens (including phenoxy) is 1. The number of phenolic OH excluding ortho intramolecular Hbond substituents is 1. The highest BCUT2D eigenvalue weighted by Gasteiger charge is 2.35. The van der Waals surface area contributed by atoms with Crippen LogP contribution in [-0.2, 0) is 9.59 Å². The lowest BCUT2D eigenvalue weighted by molar-refractivity contribution is -0.117. The van der Waals surface area contributed by atoms with Crippen LogP contribution in [0.3, 0.4) is 0 Å². The molecule has 0 aliphatic carbocycles. The van der Waals surface area contributed by atoms with Gasteiger partial charge in [-0.25, -0.2) is 9.40 Å². The minimum absolute atomic E-state index is 0.0948. The summed E-state index contributed by atoms with van der Waals surface area (Å²) >= 11 is 11.7. The number of phenols is 1. The molecule has 0 aromatic heterocycles. The Morgan fingerprint density at radius 1 is 1.23 bits per heavy atom. The Morgan fingerprint density at radius 3 is 2.62 bits per heavy atom. The summed E-state index contributed by atoms with van der Waals surface area (Å²) in [7, 11) is 1.34. The first-order chi connectivity index (χ1) is 12.3. The quantitative estimate of drug-likeness (QED) is 0.616. The van der Waals surface area contributed by atoms with Gasteiger partial charge in [-0.2, -0.15) is 0 Å². The van der Waals surface area contributed by atoms with Crippen molar-refractivity contribution >= 4 is 46.8 Å². The van der Waals surface area contributed by atoms with Crippen molar-refractivity contribution in [1.82, 2.24) is 5.43 Å². The zero-order valence-electron chi connectivity index (χ0n) is 13.2. The predicted octanol–water partition coefficient (Wildman–Crippen LogP) is 3.31. The number of hydrogen-bond acceptors (Lipinski definition) is 4. The molecule has 26 heavy (non-hydrogen) atoms. The zero-order valence-corrected chi connectivity index (χ0v) is 14.7. The number of benzene rings is 2. The smallest absolute Gasteiger partial charge is 0.282 e. The van der Waals surface area contributed by atoms with E-state index >= 15 is 0 Å². The Morgan fingerprint density at radius 2 is 1.96 bits per heavy atom. The number of amides is 2. The van der Waals surface area contributed by atoms with E-state index in [0.29, 0.717) is 0 Å². The number of carbonyl (C=O) groups excluding carboxylic acids is 2. The molecule has 0 atom stereocenters. The van der Waals surface area contributed by atoms with Crippen LogP contribution in [0.15, 0.2) is 35.9 Å². The van der Waals surface area contributed by atoms with Crippen molar-refractivity contribution in [2.45, 2.75) is 0 Å². The molecule has 1 fully saturated rings. The van der Waals surface area contributed by atoms with Crippen LogP contribution in [0.2, 0.25) is 10.0 Å². The first-order valence-electron chi connectivity index (χ1n) is 7.20. The van der Waals surface area contributed by atoms with E-state index in [0.717, 1.165) is 11.1 Å². The normalized spacial score (nSPS) is 15.5. The second-order valence-electron chi connectivity index (χ2n) is 5.28. The average molecular weight is 397 g/mol. The summed E-state index contributed by atoms with van der Waals surface area (Å²) in [5.41, 5.74) is 2.42. The van der Waals surface area contributed by atoms with Gasteiger partial charge in [-0.3, -0.25) is 15.0 Å². The highest BCUT2D eigenvalue weighted by Crippen LogP contribution is 2.35. The fourth-order valence-corrected chi connectivity index (χ4v) is 2.77. The number of aromatic hydroxyl groups is 1. The summed E-state index contributed by atoms with van der Waals surface area (Å²) in [5.74, 6) is -2.23. The van der Waals surface area contributed by atoms with Gasteiger partial charge in [0.05, 0.1) is 17.8 Å². The first kappa shape index (κ1) is 18.0. The zero-order chi connectivity index (χ0) is 19.0. The summed E-state index contributed by atoms with van der Waals surface area (Å²) < 4.78 is 18.3. The standard InChI is InChI=1S/C17H11Cl2FN2O4/c1-26-14-6-9(18)4-8(15(14)23)5-11-16(24)21-22(17(11)25)10-2-3-13(20)12(19)7-10/h2-7,23H,1H3,(H,21,24). The molecule has 2 aromatic rings. The minimum Gasteiger partial charge on any atom is -0.504 e. The van der Waals surface area contributed by atoms with Crippen LogP contribution >= 0.6 is 23.2 Å². The molecule has 0 radical (unpaired) electrons. The number of methoxy groups -OCH3 is 1. The minimum atomic E-state index is -0.700. The third kappa shape index (κ3) is 3.18. The maximum Gasteiger partial charge on any atom is 0.282 e. The van der Waals surface area contributed by atoms with Crippen LogP contribution in [0.5, 0.6) is 11.5 Å². The molecule has 0 spiro atoms. The predicted molar refractivity (Wildman–Crippen MR) is 94.7 cm³/mol. The van der Waals surface area contributed by atoms with Crippen molar-refractivity contribution in [1.29, 1.82) is 0 Å². The van der Waals surface area contributed by atoms with E-state index in [1.165, 1.54) is 37.5 Å². The molecule has 0 unspecified atom stereocenters. The number of nitrogens with zero attached hydrogens (tertiary/aromatic N) is 1. The molecule has 0 saturated carbocycles. The molecule has 1 saturated heterocycles. The molecule has 0 bridgehead atoms. The molecule has 3 rings (SSSR count). The molecule has 2 amide bonds. The van der Waals surface area contributed by atoms with E-state index in [2.05, 4.69) is 5.43 Å². The van der Waals surface area contributed by atoms with Crippen molar-refractivity contribution in [2.24, 2.45) is 0 Å². The highest BCUT2D eigenvalue weighted by molar-refractivity contribution is 6.33. The van der Waals surface area contributed by atoms with E-state index in [1.54, 1.807) is 0 Å². The molecule has 1 aliphatic rings. The number of halogens is 3. The highest BCUT2D eigenvalue weighted by atomic mass is 35.5. The molecule has 134 valence electrons. The van der Waals surface area contributed by atoms with Crippen molar-refractivity contribution in [3.8, 4) is 11.5 Å². The molecule has 2 aromatic carbocycles. The molecule has 9 heteroatoms. The Hall–Kier alpha value is -2.77. The summed E-state index contributed by atoms with van der Waals surface area (Å²) in [4.78, 5) is 24.7. The second-order valence-corrected chi connectivity index (χ2v) is 6.13. The van der Waals surface area contributed by atoms with Crippen molar-refractivity contribution < 1.29 is 23.8 Å². The number of nitrogens with one attached hydrogen (secondary N) is 1. The number of hydrogen-bond donors (Lipinski definition) is 2. The number of rotatable bonds is 3. The Bertz CT molecular complexity index is 962. The summed E-state index contributed by atoms with van der Waals surface area (Å²) in [6.45, 7) is 0. The van der Waals surface area contributed by atoms with Gasteiger partial charge in [0.25, 0.3) is 11.8 Å².